The standard InChI is InChI=1S/C21H23N5OS/c1-4-17-23-24-21-26(17)25-18(15-10-6-5-7-11-15)19(28-21)20(27)22-16-12-8-9-13(2)14(16)3/h5-12,18-19,25H,4H2,1-3H3,(H,22,27)/t18-,19-/m0/s1. The zero-order valence-electron chi connectivity index (χ0n) is 16.1. The summed E-state index contributed by atoms with van der Waals surface area (Å²) in [7, 11) is 0. The molecule has 0 saturated carbocycles. The molecule has 1 aliphatic heterocycles. The molecule has 4 rings (SSSR count). The summed E-state index contributed by atoms with van der Waals surface area (Å²) < 4.78 is 1.91. The summed E-state index contributed by atoms with van der Waals surface area (Å²) in [5.74, 6) is 0.809. The molecule has 1 amide bonds. The summed E-state index contributed by atoms with van der Waals surface area (Å²) in [4.78, 5) is 13.3. The van der Waals surface area contributed by atoms with Crippen molar-refractivity contribution in [1.82, 2.24) is 14.9 Å². The molecule has 2 heterocycles. The summed E-state index contributed by atoms with van der Waals surface area (Å²) in [5.41, 5.74) is 7.60. The van der Waals surface area contributed by atoms with E-state index in [-0.39, 0.29) is 17.2 Å². The van der Waals surface area contributed by atoms with Crippen LogP contribution in [0.3, 0.4) is 0 Å². The fraction of sp³-hybridized carbons (Fsp3) is 0.286. The lowest BCUT2D eigenvalue weighted by molar-refractivity contribution is -0.116. The summed E-state index contributed by atoms with van der Waals surface area (Å²) in [6, 6.07) is 15.8. The maximum Gasteiger partial charge on any atom is 0.240 e. The third-order valence-electron chi connectivity index (χ3n) is 5.10. The van der Waals surface area contributed by atoms with Crippen molar-refractivity contribution in [3.63, 3.8) is 0 Å². The first-order chi connectivity index (χ1) is 13.6. The first-order valence-electron chi connectivity index (χ1n) is 9.38. The highest BCUT2D eigenvalue weighted by Gasteiger charge is 2.37. The van der Waals surface area contributed by atoms with Gasteiger partial charge in [-0.05, 0) is 36.6 Å². The number of hydrogen-bond donors (Lipinski definition) is 2. The first kappa shape index (κ1) is 18.6. The minimum atomic E-state index is -0.372. The molecule has 0 spiro atoms. The number of rotatable bonds is 4. The lowest BCUT2D eigenvalue weighted by atomic mass is 10.0. The Morgan fingerprint density at radius 1 is 1.14 bits per heavy atom. The van der Waals surface area contributed by atoms with E-state index in [9.17, 15) is 4.79 Å². The second-order valence-electron chi connectivity index (χ2n) is 6.88. The minimum absolute atomic E-state index is 0.0487. The number of carbonyl (C=O) groups is 1. The lowest BCUT2D eigenvalue weighted by Gasteiger charge is -2.33. The highest BCUT2D eigenvalue weighted by molar-refractivity contribution is 8.00. The number of hydrogen-bond acceptors (Lipinski definition) is 5. The van der Waals surface area contributed by atoms with Crippen molar-refractivity contribution in [3.8, 4) is 0 Å². The zero-order valence-corrected chi connectivity index (χ0v) is 17.0. The third kappa shape index (κ3) is 3.38. The molecule has 3 aromatic rings. The molecule has 7 heteroatoms. The second kappa shape index (κ2) is 7.67. The van der Waals surface area contributed by atoms with Crippen LogP contribution in [0.1, 0.15) is 35.5 Å². The van der Waals surface area contributed by atoms with Crippen molar-refractivity contribution in [2.24, 2.45) is 0 Å². The fourth-order valence-corrected chi connectivity index (χ4v) is 4.43. The zero-order chi connectivity index (χ0) is 19.7. The number of nitrogens with one attached hydrogen (secondary N) is 2. The van der Waals surface area contributed by atoms with Crippen LogP contribution in [0, 0.1) is 13.8 Å². The van der Waals surface area contributed by atoms with Gasteiger partial charge in [-0.15, -0.1) is 10.2 Å². The number of anilines is 1. The highest BCUT2D eigenvalue weighted by atomic mass is 32.2. The minimum Gasteiger partial charge on any atom is -0.325 e. The highest BCUT2D eigenvalue weighted by Crippen LogP contribution is 2.37. The number of fused-ring (bicyclic) bond motifs is 1. The van der Waals surface area contributed by atoms with Crippen LogP contribution in [-0.2, 0) is 11.2 Å². The van der Waals surface area contributed by atoms with Gasteiger partial charge in [0.2, 0.25) is 11.1 Å². The maximum atomic E-state index is 13.3. The Morgan fingerprint density at radius 3 is 2.68 bits per heavy atom. The average Bonchev–Trinajstić information content (AvgIpc) is 3.13. The third-order valence-corrected chi connectivity index (χ3v) is 6.31. The van der Waals surface area contributed by atoms with Crippen LogP contribution >= 0.6 is 11.8 Å². The van der Waals surface area contributed by atoms with Gasteiger partial charge in [0.05, 0.1) is 6.04 Å². The molecule has 0 saturated heterocycles. The van der Waals surface area contributed by atoms with E-state index in [0.717, 1.165) is 34.6 Å². The van der Waals surface area contributed by atoms with Crippen molar-refractivity contribution < 1.29 is 4.79 Å². The van der Waals surface area contributed by atoms with Crippen LogP contribution < -0.4 is 10.7 Å². The number of aryl methyl sites for hydroxylation is 2. The van der Waals surface area contributed by atoms with Crippen LogP contribution in [0.2, 0.25) is 0 Å². The van der Waals surface area contributed by atoms with Crippen LogP contribution in [0.15, 0.2) is 53.7 Å². The number of aromatic nitrogens is 3. The van der Waals surface area contributed by atoms with Crippen molar-refractivity contribution >= 4 is 23.4 Å². The van der Waals surface area contributed by atoms with Gasteiger partial charge >= 0.3 is 0 Å². The largest absolute Gasteiger partial charge is 0.325 e. The van der Waals surface area contributed by atoms with E-state index in [2.05, 4.69) is 20.9 Å². The monoisotopic (exact) mass is 393 g/mol. The average molecular weight is 394 g/mol. The predicted molar refractivity (Wildman–Crippen MR) is 112 cm³/mol. The van der Waals surface area contributed by atoms with Gasteiger partial charge in [0.15, 0.2) is 5.82 Å². The van der Waals surface area contributed by atoms with Gasteiger partial charge in [-0.25, -0.2) is 4.68 Å². The molecule has 0 bridgehead atoms. The molecule has 1 aliphatic rings. The van der Waals surface area contributed by atoms with Crippen molar-refractivity contribution in [1.29, 1.82) is 0 Å². The maximum absolute atomic E-state index is 13.3. The summed E-state index contributed by atoms with van der Waals surface area (Å²) >= 11 is 1.45. The topological polar surface area (TPSA) is 71.8 Å². The van der Waals surface area contributed by atoms with E-state index in [4.69, 9.17) is 0 Å². The van der Waals surface area contributed by atoms with E-state index < -0.39 is 0 Å². The van der Waals surface area contributed by atoms with Gasteiger partial charge in [-0.2, -0.15) is 0 Å². The molecule has 6 nitrogen and oxygen atoms in total. The second-order valence-corrected chi connectivity index (χ2v) is 7.99. The smallest absolute Gasteiger partial charge is 0.240 e. The molecule has 0 aliphatic carbocycles. The van der Waals surface area contributed by atoms with E-state index in [0.29, 0.717) is 5.16 Å². The van der Waals surface area contributed by atoms with Crippen molar-refractivity contribution in [2.45, 2.75) is 43.6 Å². The molecular formula is C21H23N5OS. The molecule has 28 heavy (non-hydrogen) atoms. The predicted octanol–water partition coefficient (Wildman–Crippen LogP) is 3.86. The number of nitrogens with zero attached hydrogens (tertiary/aromatic N) is 3. The van der Waals surface area contributed by atoms with Crippen LogP contribution in [0.5, 0.6) is 0 Å². The molecule has 144 valence electrons. The van der Waals surface area contributed by atoms with Gasteiger partial charge in [-0.1, -0.05) is 61.2 Å². The van der Waals surface area contributed by atoms with Crippen molar-refractivity contribution in [2.75, 3.05) is 10.7 Å². The Morgan fingerprint density at radius 2 is 1.93 bits per heavy atom. The van der Waals surface area contributed by atoms with Crippen LogP contribution in [0.25, 0.3) is 0 Å². The molecular weight excluding hydrogens is 370 g/mol. The van der Waals surface area contributed by atoms with Crippen LogP contribution in [0.4, 0.5) is 5.69 Å². The normalized spacial score (nSPS) is 18.2. The quantitative estimate of drug-likeness (QED) is 0.704. The molecule has 2 atom stereocenters. The molecule has 0 radical (unpaired) electrons. The number of amides is 1. The molecule has 2 N–H and O–H groups in total. The first-order valence-corrected chi connectivity index (χ1v) is 10.3. The van der Waals surface area contributed by atoms with Gasteiger partial charge in [0, 0.05) is 12.1 Å². The number of carbonyl (C=O) groups excluding carboxylic acids is 1. The van der Waals surface area contributed by atoms with Gasteiger partial charge < -0.3 is 10.7 Å². The Balaban J connectivity index is 1.68. The SMILES string of the molecule is CCc1nnc2n1N[C@@H](c1ccccc1)[C@@H](C(=O)Nc1cccc(C)c1C)S2. The molecule has 0 fully saturated rings. The number of benzene rings is 2. The van der Waals surface area contributed by atoms with Gasteiger partial charge in [0.1, 0.15) is 5.25 Å². The fourth-order valence-electron chi connectivity index (χ4n) is 3.33. The van der Waals surface area contributed by atoms with Gasteiger partial charge in [0.25, 0.3) is 0 Å². The Kier molecular flexibility index (Phi) is 5.09. The lowest BCUT2D eigenvalue weighted by Crippen LogP contribution is -2.41. The van der Waals surface area contributed by atoms with E-state index >= 15 is 0 Å². The van der Waals surface area contributed by atoms with E-state index in [1.54, 1.807) is 0 Å². The Labute approximate surface area is 168 Å². The van der Waals surface area contributed by atoms with Crippen LogP contribution in [-0.4, -0.2) is 26.0 Å². The Bertz CT molecular complexity index is 1000. The Hall–Kier alpha value is -2.80. The molecule has 2 aromatic carbocycles. The van der Waals surface area contributed by atoms with Gasteiger partial charge in [-0.3, -0.25) is 4.79 Å². The summed E-state index contributed by atoms with van der Waals surface area (Å²) in [6.07, 6.45) is 0.765. The van der Waals surface area contributed by atoms with E-state index in [1.165, 1.54) is 11.8 Å². The summed E-state index contributed by atoms with van der Waals surface area (Å²) in [5, 5.41) is 12.0. The van der Waals surface area contributed by atoms with E-state index in [1.807, 2.05) is 74.0 Å². The number of thioether (sulfide) groups is 1. The molecule has 0 unspecified atom stereocenters. The van der Waals surface area contributed by atoms with Crippen molar-refractivity contribution in [3.05, 3.63) is 71.0 Å². The molecule has 1 aromatic heterocycles. The summed E-state index contributed by atoms with van der Waals surface area (Å²) in [6.45, 7) is 6.11.